The number of carbonyl (C=O) groups is 1. The summed E-state index contributed by atoms with van der Waals surface area (Å²) in [5.74, 6) is 0.244. The topological polar surface area (TPSA) is 35.5 Å². The molecule has 3 nitrogen and oxygen atoms in total. The Balaban J connectivity index is 2.28. The van der Waals surface area contributed by atoms with Crippen LogP contribution in [0.3, 0.4) is 0 Å². The van der Waals surface area contributed by atoms with Crippen LogP contribution in [-0.2, 0) is 6.42 Å². The Morgan fingerprint density at radius 2 is 1.90 bits per heavy atom. The van der Waals surface area contributed by atoms with E-state index in [9.17, 15) is 9.18 Å². The molecule has 2 aromatic rings. The minimum atomic E-state index is -0.497. The van der Waals surface area contributed by atoms with Crippen LogP contribution in [-0.4, -0.2) is 20.0 Å². The van der Waals surface area contributed by atoms with E-state index in [1.165, 1.54) is 26.4 Å². The van der Waals surface area contributed by atoms with Gasteiger partial charge < -0.3 is 9.47 Å². The van der Waals surface area contributed by atoms with Crippen molar-refractivity contribution < 1.29 is 18.7 Å². The van der Waals surface area contributed by atoms with Gasteiger partial charge in [-0.2, -0.15) is 0 Å². The van der Waals surface area contributed by atoms with Gasteiger partial charge in [-0.15, -0.1) is 0 Å². The normalized spacial score (nSPS) is 10.3. The third kappa shape index (κ3) is 3.52. The monoisotopic (exact) mass is 308 g/mol. The van der Waals surface area contributed by atoms with Crippen LogP contribution in [0.5, 0.6) is 11.5 Å². The van der Waals surface area contributed by atoms with Crippen molar-refractivity contribution in [1.82, 2.24) is 0 Å². The molecule has 110 valence electrons. The summed E-state index contributed by atoms with van der Waals surface area (Å²) in [7, 11) is 2.99. The van der Waals surface area contributed by atoms with Gasteiger partial charge in [0.15, 0.2) is 5.78 Å². The lowest BCUT2D eigenvalue weighted by Crippen LogP contribution is -2.07. The van der Waals surface area contributed by atoms with E-state index in [0.717, 1.165) is 0 Å². The molecule has 0 bridgehead atoms. The number of benzene rings is 2. The second kappa shape index (κ2) is 6.59. The van der Waals surface area contributed by atoms with Crippen molar-refractivity contribution in [2.75, 3.05) is 14.2 Å². The molecule has 5 heteroatoms. The van der Waals surface area contributed by atoms with Crippen molar-refractivity contribution >= 4 is 17.4 Å². The Morgan fingerprint density at radius 3 is 2.52 bits per heavy atom. The van der Waals surface area contributed by atoms with Gasteiger partial charge in [0.2, 0.25) is 0 Å². The summed E-state index contributed by atoms with van der Waals surface area (Å²) in [6.07, 6.45) is -0.0638. The van der Waals surface area contributed by atoms with Crippen LogP contribution >= 0.6 is 11.6 Å². The van der Waals surface area contributed by atoms with Crippen molar-refractivity contribution in [3.05, 3.63) is 58.4 Å². The Bertz CT molecular complexity index is 671. The minimum Gasteiger partial charge on any atom is -0.497 e. The number of rotatable bonds is 5. The Kier molecular flexibility index (Phi) is 4.81. The summed E-state index contributed by atoms with van der Waals surface area (Å²) in [5.41, 5.74) is 0.676. The zero-order chi connectivity index (χ0) is 15.4. The zero-order valence-electron chi connectivity index (χ0n) is 11.7. The van der Waals surface area contributed by atoms with E-state index in [4.69, 9.17) is 21.1 Å². The van der Waals surface area contributed by atoms with E-state index in [1.807, 2.05) is 0 Å². The molecule has 0 spiro atoms. The quantitative estimate of drug-likeness (QED) is 0.785. The third-order valence-corrected chi connectivity index (χ3v) is 3.31. The zero-order valence-corrected chi connectivity index (χ0v) is 12.4. The molecule has 2 aromatic carbocycles. The highest BCUT2D eigenvalue weighted by Gasteiger charge is 2.16. The lowest BCUT2D eigenvalue weighted by atomic mass is 10.0. The summed E-state index contributed by atoms with van der Waals surface area (Å²) in [5, 5.41) is 0.297. The van der Waals surface area contributed by atoms with Crippen LogP contribution < -0.4 is 9.47 Å². The summed E-state index contributed by atoms with van der Waals surface area (Å²) >= 11 is 5.69. The van der Waals surface area contributed by atoms with E-state index < -0.39 is 5.82 Å². The van der Waals surface area contributed by atoms with Gasteiger partial charge in [0.25, 0.3) is 0 Å². The molecule has 0 aliphatic heterocycles. The van der Waals surface area contributed by atoms with Crippen LogP contribution in [0, 0.1) is 5.82 Å². The number of ketones is 1. The van der Waals surface area contributed by atoms with E-state index >= 15 is 0 Å². The molecule has 0 fully saturated rings. The van der Waals surface area contributed by atoms with Gasteiger partial charge in [-0.05, 0) is 29.8 Å². The molecule has 0 saturated carbocycles. The lowest BCUT2D eigenvalue weighted by molar-refractivity contribution is 0.0989. The van der Waals surface area contributed by atoms with Gasteiger partial charge in [0.05, 0.1) is 19.8 Å². The minimum absolute atomic E-state index is 0.0638. The average molecular weight is 309 g/mol. The van der Waals surface area contributed by atoms with Gasteiger partial charge in [-0.3, -0.25) is 4.79 Å². The van der Waals surface area contributed by atoms with E-state index in [-0.39, 0.29) is 12.2 Å². The average Bonchev–Trinajstić information content (AvgIpc) is 2.49. The molecule has 2 rings (SSSR count). The molecular weight excluding hydrogens is 295 g/mol. The van der Waals surface area contributed by atoms with E-state index in [1.54, 1.807) is 24.3 Å². The van der Waals surface area contributed by atoms with E-state index in [0.29, 0.717) is 27.6 Å². The molecule has 0 aromatic heterocycles. The summed E-state index contributed by atoms with van der Waals surface area (Å²) < 4.78 is 24.0. The Labute approximate surface area is 127 Å². The first-order chi connectivity index (χ1) is 10.0. The second-order valence-corrected chi connectivity index (χ2v) is 4.84. The second-order valence-electron chi connectivity index (χ2n) is 4.40. The molecule has 0 amide bonds. The molecule has 0 unspecified atom stereocenters. The maximum absolute atomic E-state index is 13.7. The third-order valence-electron chi connectivity index (χ3n) is 3.08. The molecular formula is C16H14ClFO3. The number of Topliss-reactive ketones (excluding diaryl/α,β-unsaturated/α-hetero) is 1. The molecule has 0 heterocycles. The molecule has 0 aliphatic carbocycles. The van der Waals surface area contributed by atoms with Crippen molar-refractivity contribution in [2.45, 2.75) is 6.42 Å². The summed E-state index contributed by atoms with van der Waals surface area (Å²) in [6, 6.07) is 9.13. The highest BCUT2D eigenvalue weighted by molar-refractivity contribution is 6.30. The van der Waals surface area contributed by atoms with Crippen LogP contribution in [0.15, 0.2) is 36.4 Å². The number of ether oxygens (including phenoxy) is 2. The molecule has 0 saturated heterocycles. The first kappa shape index (κ1) is 15.3. The highest BCUT2D eigenvalue weighted by atomic mass is 35.5. The van der Waals surface area contributed by atoms with Crippen LogP contribution in [0.4, 0.5) is 4.39 Å². The van der Waals surface area contributed by atoms with Gasteiger partial charge in [0, 0.05) is 17.5 Å². The summed E-state index contributed by atoms with van der Waals surface area (Å²) in [6.45, 7) is 0. The number of carbonyl (C=O) groups excluding carboxylic acids is 1. The fourth-order valence-corrected chi connectivity index (χ4v) is 2.12. The van der Waals surface area contributed by atoms with Gasteiger partial charge >= 0.3 is 0 Å². The lowest BCUT2D eigenvalue weighted by Gasteiger charge is -2.10. The van der Waals surface area contributed by atoms with Crippen molar-refractivity contribution in [1.29, 1.82) is 0 Å². The van der Waals surface area contributed by atoms with Crippen LogP contribution in [0.25, 0.3) is 0 Å². The largest absolute Gasteiger partial charge is 0.497 e. The number of hydrogen-bond donors (Lipinski definition) is 0. The standard InChI is InChI=1S/C16H14ClFO3/c1-20-12-5-6-13(16(9-12)21-2)15(19)7-10-3-4-11(17)8-14(10)18/h3-6,8-9H,7H2,1-2H3. The number of methoxy groups -OCH3 is 2. The SMILES string of the molecule is COc1ccc(C(=O)Cc2ccc(Cl)cc2F)c(OC)c1. The maximum Gasteiger partial charge on any atom is 0.171 e. The first-order valence-corrected chi connectivity index (χ1v) is 6.62. The van der Waals surface area contributed by atoms with Crippen molar-refractivity contribution in [3.63, 3.8) is 0 Å². The fraction of sp³-hybridized carbons (Fsp3) is 0.188. The van der Waals surface area contributed by atoms with Gasteiger partial charge in [-0.25, -0.2) is 4.39 Å². The predicted molar refractivity (Wildman–Crippen MR) is 79.0 cm³/mol. The Morgan fingerprint density at radius 1 is 1.14 bits per heavy atom. The maximum atomic E-state index is 13.7. The molecule has 0 radical (unpaired) electrons. The Hall–Kier alpha value is -2.07. The number of hydrogen-bond acceptors (Lipinski definition) is 3. The van der Waals surface area contributed by atoms with Gasteiger partial charge in [0.1, 0.15) is 17.3 Å². The highest BCUT2D eigenvalue weighted by Crippen LogP contribution is 2.26. The smallest absolute Gasteiger partial charge is 0.171 e. The van der Waals surface area contributed by atoms with Gasteiger partial charge in [-0.1, -0.05) is 17.7 Å². The van der Waals surface area contributed by atoms with Crippen LogP contribution in [0.2, 0.25) is 5.02 Å². The first-order valence-electron chi connectivity index (χ1n) is 6.24. The van der Waals surface area contributed by atoms with Crippen molar-refractivity contribution in [3.8, 4) is 11.5 Å². The van der Waals surface area contributed by atoms with Crippen LogP contribution in [0.1, 0.15) is 15.9 Å². The predicted octanol–water partition coefficient (Wildman–Crippen LogP) is 3.92. The number of halogens is 2. The molecule has 21 heavy (non-hydrogen) atoms. The molecule has 0 N–H and O–H groups in total. The fourth-order valence-electron chi connectivity index (χ4n) is 1.96. The summed E-state index contributed by atoms with van der Waals surface area (Å²) in [4.78, 5) is 12.3. The molecule has 0 aliphatic rings. The van der Waals surface area contributed by atoms with E-state index in [2.05, 4.69) is 0 Å². The molecule has 0 atom stereocenters. The van der Waals surface area contributed by atoms with Crippen molar-refractivity contribution in [2.24, 2.45) is 0 Å².